The average molecular weight is 276 g/mol. The van der Waals surface area contributed by atoms with Crippen LogP contribution >= 0.6 is 34.5 Å². The first-order chi connectivity index (χ1) is 5.36. The van der Waals surface area contributed by atoms with Crippen molar-refractivity contribution in [2.45, 2.75) is 4.90 Å². The molecule has 1 aliphatic heterocycles. The Labute approximate surface area is 82.8 Å². The van der Waals surface area contributed by atoms with Gasteiger partial charge in [-0.25, -0.2) is 4.99 Å². The molecule has 0 aliphatic carbocycles. The Kier molecular flexibility index (Phi) is 2.04. The second-order valence-corrected chi connectivity index (χ2v) is 4.22. The first-order valence-electron chi connectivity index (χ1n) is 3.11. The maximum absolute atomic E-state index is 4.19. The summed E-state index contributed by atoms with van der Waals surface area (Å²) >= 11 is 3.88. The summed E-state index contributed by atoms with van der Waals surface area (Å²) < 4.78 is 4.21. The van der Waals surface area contributed by atoms with Gasteiger partial charge in [0, 0.05) is 3.57 Å². The van der Waals surface area contributed by atoms with Crippen molar-refractivity contribution in [3.8, 4) is 0 Å². The van der Waals surface area contributed by atoms with Crippen LogP contribution in [0.5, 0.6) is 0 Å². The summed E-state index contributed by atoms with van der Waals surface area (Å²) in [5.74, 6) is 0. The van der Waals surface area contributed by atoms with E-state index in [1.54, 1.807) is 18.3 Å². The number of aliphatic imine (C=N–C) groups is 1. The summed E-state index contributed by atoms with van der Waals surface area (Å²) in [5.41, 5.74) is 1.06. The monoisotopic (exact) mass is 276 g/mol. The third kappa shape index (κ3) is 1.51. The van der Waals surface area contributed by atoms with Gasteiger partial charge in [-0.1, -0.05) is 0 Å². The third-order valence-electron chi connectivity index (χ3n) is 1.35. The molecule has 2 nitrogen and oxygen atoms in total. The van der Waals surface area contributed by atoms with Crippen molar-refractivity contribution >= 4 is 46.6 Å². The van der Waals surface area contributed by atoms with Crippen LogP contribution in [0, 0.1) is 3.57 Å². The number of nitrogens with one attached hydrogen (secondary N) is 1. The fourth-order valence-electron chi connectivity index (χ4n) is 0.863. The summed E-state index contributed by atoms with van der Waals surface area (Å²) in [6.07, 6.45) is 1.71. The van der Waals surface area contributed by atoms with Crippen LogP contribution in [0.2, 0.25) is 0 Å². The van der Waals surface area contributed by atoms with Gasteiger partial charge >= 0.3 is 0 Å². The highest BCUT2D eigenvalue weighted by atomic mass is 127. The minimum absolute atomic E-state index is 1.06. The second kappa shape index (κ2) is 3.02. The standard InChI is InChI=1S/C7H5IN2S/c8-5-1-2-7-6(3-5)9-4-10-11-7/h1-4H,(H,9,10). The van der Waals surface area contributed by atoms with Crippen molar-refractivity contribution in [1.82, 2.24) is 4.72 Å². The molecule has 0 radical (unpaired) electrons. The molecule has 1 aromatic carbocycles. The van der Waals surface area contributed by atoms with Gasteiger partial charge in [-0.15, -0.1) is 0 Å². The van der Waals surface area contributed by atoms with Crippen LogP contribution in [0.25, 0.3) is 0 Å². The molecule has 0 atom stereocenters. The van der Waals surface area contributed by atoms with Gasteiger partial charge in [0.05, 0.1) is 16.9 Å². The van der Waals surface area contributed by atoms with Crippen LogP contribution in [-0.2, 0) is 0 Å². The molecule has 1 N–H and O–H groups in total. The van der Waals surface area contributed by atoms with Crippen LogP contribution < -0.4 is 4.72 Å². The molecule has 0 bridgehead atoms. The summed E-state index contributed by atoms with van der Waals surface area (Å²) in [6, 6.07) is 6.22. The summed E-state index contributed by atoms with van der Waals surface area (Å²) in [4.78, 5) is 5.38. The zero-order chi connectivity index (χ0) is 7.68. The molecule has 11 heavy (non-hydrogen) atoms. The normalized spacial score (nSPS) is 13.9. The van der Waals surface area contributed by atoms with Crippen molar-refractivity contribution in [2.24, 2.45) is 4.99 Å². The van der Waals surface area contributed by atoms with Gasteiger partial charge in [-0.2, -0.15) is 0 Å². The quantitative estimate of drug-likeness (QED) is 0.581. The lowest BCUT2D eigenvalue weighted by Crippen LogP contribution is -2.02. The Morgan fingerprint density at radius 2 is 2.36 bits per heavy atom. The molecule has 2 rings (SSSR count). The molecule has 0 amide bonds. The lowest BCUT2D eigenvalue weighted by Gasteiger charge is -2.09. The van der Waals surface area contributed by atoms with E-state index in [4.69, 9.17) is 0 Å². The molecular formula is C7H5IN2S. The smallest absolute Gasteiger partial charge is 0.0988 e. The molecular weight excluding hydrogens is 271 g/mol. The molecule has 1 aromatic rings. The molecule has 0 saturated heterocycles. The molecule has 4 heteroatoms. The molecule has 1 aliphatic rings. The van der Waals surface area contributed by atoms with Gasteiger partial charge < -0.3 is 4.72 Å². The molecule has 0 saturated carbocycles. The maximum atomic E-state index is 4.19. The van der Waals surface area contributed by atoms with Crippen LogP contribution in [0.4, 0.5) is 5.69 Å². The van der Waals surface area contributed by atoms with Gasteiger partial charge in [0.25, 0.3) is 0 Å². The first-order valence-corrected chi connectivity index (χ1v) is 5.00. The Hall–Kier alpha value is -0.230. The zero-order valence-electron chi connectivity index (χ0n) is 5.54. The van der Waals surface area contributed by atoms with Crippen molar-refractivity contribution in [3.05, 3.63) is 21.8 Å². The first kappa shape index (κ1) is 7.42. The highest BCUT2D eigenvalue weighted by Gasteiger charge is 2.04. The molecule has 0 spiro atoms. The van der Waals surface area contributed by atoms with E-state index < -0.39 is 0 Å². The van der Waals surface area contributed by atoms with E-state index in [1.807, 2.05) is 0 Å². The molecule has 56 valence electrons. The Morgan fingerprint density at radius 3 is 3.27 bits per heavy atom. The minimum atomic E-state index is 1.06. The summed E-state index contributed by atoms with van der Waals surface area (Å²) in [6.45, 7) is 0. The predicted octanol–water partition coefficient (Wildman–Crippen LogP) is 2.56. The van der Waals surface area contributed by atoms with E-state index >= 15 is 0 Å². The second-order valence-electron chi connectivity index (χ2n) is 2.09. The lowest BCUT2D eigenvalue weighted by molar-refractivity contribution is 1.31. The highest BCUT2D eigenvalue weighted by Crippen LogP contribution is 2.30. The molecule has 1 heterocycles. The van der Waals surface area contributed by atoms with Gasteiger partial charge in [0.2, 0.25) is 0 Å². The zero-order valence-corrected chi connectivity index (χ0v) is 8.52. The van der Waals surface area contributed by atoms with Crippen LogP contribution in [0.1, 0.15) is 0 Å². The van der Waals surface area contributed by atoms with Crippen molar-refractivity contribution < 1.29 is 0 Å². The molecule has 0 aromatic heterocycles. The summed E-state index contributed by atoms with van der Waals surface area (Å²) in [5, 5.41) is 0. The average Bonchev–Trinajstić information content (AvgIpc) is 2.04. The van der Waals surface area contributed by atoms with Gasteiger partial charge in [0.15, 0.2) is 0 Å². The number of hydrogen-bond donors (Lipinski definition) is 1. The van der Waals surface area contributed by atoms with E-state index in [2.05, 4.69) is 50.5 Å². The van der Waals surface area contributed by atoms with Crippen molar-refractivity contribution in [1.29, 1.82) is 0 Å². The summed E-state index contributed by atoms with van der Waals surface area (Å²) in [7, 11) is 0. The van der Waals surface area contributed by atoms with E-state index in [-0.39, 0.29) is 0 Å². The molecule has 0 fully saturated rings. The number of nitrogens with zero attached hydrogens (tertiary/aromatic N) is 1. The van der Waals surface area contributed by atoms with E-state index in [9.17, 15) is 0 Å². The van der Waals surface area contributed by atoms with Gasteiger partial charge in [-0.05, 0) is 52.7 Å². The Morgan fingerprint density at radius 1 is 1.45 bits per heavy atom. The largest absolute Gasteiger partial charge is 0.316 e. The van der Waals surface area contributed by atoms with E-state index in [1.165, 1.54) is 8.47 Å². The highest BCUT2D eigenvalue weighted by molar-refractivity contribution is 14.1. The Balaban J connectivity index is 2.54. The van der Waals surface area contributed by atoms with Crippen LogP contribution in [-0.4, -0.2) is 6.34 Å². The predicted molar refractivity (Wildman–Crippen MR) is 56.3 cm³/mol. The third-order valence-corrected chi connectivity index (χ3v) is 2.81. The number of rotatable bonds is 0. The van der Waals surface area contributed by atoms with Crippen LogP contribution in [0.3, 0.4) is 0 Å². The molecule has 0 unspecified atom stereocenters. The maximum Gasteiger partial charge on any atom is 0.0988 e. The van der Waals surface area contributed by atoms with E-state index in [0.717, 1.165) is 5.69 Å². The topological polar surface area (TPSA) is 24.4 Å². The SMILES string of the molecule is Ic1ccc2c(c1)N=CNS2. The number of halogens is 1. The van der Waals surface area contributed by atoms with Gasteiger partial charge in [-0.3, -0.25) is 0 Å². The van der Waals surface area contributed by atoms with Gasteiger partial charge in [0.1, 0.15) is 0 Å². The van der Waals surface area contributed by atoms with Crippen LogP contribution in [0.15, 0.2) is 28.1 Å². The van der Waals surface area contributed by atoms with E-state index in [0.29, 0.717) is 0 Å². The lowest BCUT2D eigenvalue weighted by atomic mass is 10.3. The van der Waals surface area contributed by atoms with Crippen molar-refractivity contribution in [2.75, 3.05) is 0 Å². The minimum Gasteiger partial charge on any atom is -0.316 e. The fraction of sp³-hybridized carbons (Fsp3) is 0. The Bertz CT molecular complexity index is 311. The fourth-order valence-corrected chi connectivity index (χ4v) is 1.92. The number of hydrogen-bond acceptors (Lipinski definition) is 3. The number of benzene rings is 1. The number of fused-ring (bicyclic) bond motifs is 1. The van der Waals surface area contributed by atoms with Crippen molar-refractivity contribution in [3.63, 3.8) is 0 Å².